The maximum atomic E-state index is 12.4. The number of piperidine rings is 2. The van der Waals surface area contributed by atoms with Crippen molar-refractivity contribution in [2.24, 2.45) is 5.92 Å². The number of carbonyl (C=O) groups is 2. The quantitative estimate of drug-likeness (QED) is 0.709. The van der Waals surface area contributed by atoms with Crippen molar-refractivity contribution in [3.63, 3.8) is 0 Å². The molecule has 0 aromatic heterocycles. The van der Waals surface area contributed by atoms with Crippen molar-refractivity contribution in [1.29, 1.82) is 0 Å². The molecule has 0 spiro atoms. The molecule has 5 heteroatoms. The van der Waals surface area contributed by atoms with Crippen LogP contribution >= 0.6 is 0 Å². The van der Waals surface area contributed by atoms with Gasteiger partial charge in [-0.15, -0.1) is 0 Å². The topological polar surface area (TPSA) is 62.6 Å². The van der Waals surface area contributed by atoms with E-state index < -0.39 is 0 Å². The van der Waals surface area contributed by atoms with E-state index in [1.54, 1.807) is 23.1 Å². The molecule has 142 valence electrons. The Bertz CT molecular complexity index is 644. The van der Waals surface area contributed by atoms with Crippen LogP contribution in [0.3, 0.4) is 0 Å². The lowest BCUT2D eigenvalue weighted by molar-refractivity contribution is -0.963. The van der Waals surface area contributed by atoms with Crippen LogP contribution < -0.4 is 15.5 Å². The SMILES string of the molecule is CC(=O)c1cccc(NC(=O)NC2C[C@H]3CCC[C@@H](C2)[NH+]3CC(C)C)c1. The molecule has 3 N–H and O–H groups in total. The second-order valence-corrected chi connectivity index (χ2v) is 8.40. The fourth-order valence-corrected chi connectivity index (χ4v) is 4.73. The lowest BCUT2D eigenvalue weighted by Crippen LogP contribution is -3.21. The van der Waals surface area contributed by atoms with Crippen LogP contribution in [0.25, 0.3) is 0 Å². The van der Waals surface area contributed by atoms with E-state index in [1.807, 2.05) is 6.07 Å². The van der Waals surface area contributed by atoms with Crippen LogP contribution in [-0.4, -0.2) is 36.5 Å². The molecule has 2 bridgehead atoms. The highest BCUT2D eigenvalue weighted by Gasteiger charge is 2.42. The molecular weight excluding hydrogens is 326 g/mol. The Labute approximate surface area is 156 Å². The molecule has 2 amide bonds. The molecule has 2 aliphatic rings. The molecule has 2 heterocycles. The average Bonchev–Trinajstić information content (AvgIpc) is 2.55. The molecular formula is C21H32N3O2+. The maximum Gasteiger partial charge on any atom is 0.319 e. The van der Waals surface area contributed by atoms with Crippen LogP contribution in [0.1, 0.15) is 63.2 Å². The maximum absolute atomic E-state index is 12.4. The van der Waals surface area contributed by atoms with Crippen LogP contribution in [0.5, 0.6) is 0 Å². The molecule has 3 rings (SSSR count). The van der Waals surface area contributed by atoms with Crippen LogP contribution in [-0.2, 0) is 0 Å². The Balaban J connectivity index is 1.57. The second-order valence-electron chi connectivity index (χ2n) is 8.40. The van der Waals surface area contributed by atoms with E-state index in [0.29, 0.717) is 23.3 Å². The van der Waals surface area contributed by atoms with Crippen molar-refractivity contribution in [3.8, 4) is 0 Å². The Morgan fingerprint density at radius 2 is 1.88 bits per heavy atom. The van der Waals surface area contributed by atoms with Crippen molar-refractivity contribution < 1.29 is 14.5 Å². The van der Waals surface area contributed by atoms with Gasteiger partial charge in [0.15, 0.2) is 5.78 Å². The molecule has 0 aliphatic carbocycles. The van der Waals surface area contributed by atoms with Gasteiger partial charge in [-0.25, -0.2) is 4.79 Å². The number of anilines is 1. The van der Waals surface area contributed by atoms with E-state index in [-0.39, 0.29) is 17.9 Å². The minimum atomic E-state index is -0.166. The minimum absolute atomic E-state index is 0.00221. The number of fused-ring (bicyclic) bond motifs is 2. The van der Waals surface area contributed by atoms with E-state index in [4.69, 9.17) is 0 Å². The monoisotopic (exact) mass is 358 g/mol. The number of benzene rings is 1. The Kier molecular flexibility index (Phi) is 5.97. The third-order valence-corrected chi connectivity index (χ3v) is 5.80. The highest BCUT2D eigenvalue weighted by molar-refractivity contribution is 5.96. The largest absolute Gasteiger partial charge is 0.335 e. The number of hydrogen-bond acceptors (Lipinski definition) is 2. The van der Waals surface area contributed by atoms with E-state index in [2.05, 4.69) is 24.5 Å². The summed E-state index contributed by atoms with van der Waals surface area (Å²) in [6.07, 6.45) is 6.02. The normalized spacial score (nSPS) is 27.8. The van der Waals surface area contributed by atoms with Crippen LogP contribution in [0.15, 0.2) is 24.3 Å². The molecule has 2 saturated heterocycles. The lowest BCUT2D eigenvalue weighted by atomic mass is 9.81. The summed E-state index contributed by atoms with van der Waals surface area (Å²) in [5.41, 5.74) is 1.28. The van der Waals surface area contributed by atoms with Gasteiger partial charge in [-0.05, 0) is 38.3 Å². The molecule has 2 fully saturated rings. The van der Waals surface area contributed by atoms with E-state index >= 15 is 0 Å². The Morgan fingerprint density at radius 1 is 1.19 bits per heavy atom. The molecule has 2 unspecified atom stereocenters. The third-order valence-electron chi connectivity index (χ3n) is 5.80. The summed E-state index contributed by atoms with van der Waals surface area (Å²) in [7, 11) is 0. The van der Waals surface area contributed by atoms with Crippen LogP contribution in [0.2, 0.25) is 0 Å². The first-order valence-electron chi connectivity index (χ1n) is 9.96. The van der Waals surface area contributed by atoms with Crippen molar-refractivity contribution in [3.05, 3.63) is 29.8 Å². The first-order chi connectivity index (χ1) is 12.4. The molecule has 26 heavy (non-hydrogen) atoms. The number of quaternary nitrogens is 1. The number of rotatable bonds is 5. The summed E-state index contributed by atoms with van der Waals surface area (Å²) in [4.78, 5) is 25.7. The van der Waals surface area contributed by atoms with Crippen molar-refractivity contribution >= 4 is 17.5 Å². The number of Topliss-reactive ketones (excluding diaryl/α,β-unsaturated/α-hetero) is 1. The number of nitrogens with one attached hydrogen (secondary N) is 3. The zero-order valence-corrected chi connectivity index (χ0v) is 16.2. The molecule has 0 radical (unpaired) electrons. The van der Waals surface area contributed by atoms with Crippen LogP contribution in [0, 0.1) is 5.92 Å². The van der Waals surface area contributed by atoms with Crippen molar-refractivity contribution in [1.82, 2.24) is 5.32 Å². The van der Waals surface area contributed by atoms with Gasteiger partial charge in [0.05, 0.1) is 18.6 Å². The summed E-state index contributed by atoms with van der Waals surface area (Å²) >= 11 is 0. The van der Waals surface area contributed by atoms with E-state index in [1.165, 1.54) is 32.7 Å². The van der Waals surface area contributed by atoms with E-state index in [9.17, 15) is 9.59 Å². The minimum Gasteiger partial charge on any atom is -0.335 e. The predicted octanol–water partition coefficient (Wildman–Crippen LogP) is 2.64. The van der Waals surface area contributed by atoms with Gasteiger partial charge in [0, 0.05) is 36.1 Å². The fraction of sp³-hybridized carbons (Fsp3) is 0.619. The van der Waals surface area contributed by atoms with Gasteiger partial charge in [-0.1, -0.05) is 26.0 Å². The lowest BCUT2D eigenvalue weighted by Gasteiger charge is -2.46. The molecule has 1 aromatic rings. The third kappa shape index (κ3) is 4.64. The second kappa shape index (κ2) is 8.21. The number of carbonyl (C=O) groups excluding carboxylic acids is 2. The number of hydrogen-bond donors (Lipinski definition) is 3. The molecule has 2 aliphatic heterocycles. The van der Waals surface area contributed by atoms with Gasteiger partial charge >= 0.3 is 6.03 Å². The number of urea groups is 1. The zero-order chi connectivity index (χ0) is 18.7. The first-order valence-corrected chi connectivity index (χ1v) is 9.96. The van der Waals surface area contributed by atoms with Crippen LogP contribution in [0.4, 0.5) is 10.5 Å². The van der Waals surface area contributed by atoms with Crippen molar-refractivity contribution in [2.75, 3.05) is 11.9 Å². The fourth-order valence-electron chi connectivity index (χ4n) is 4.73. The molecule has 0 saturated carbocycles. The highest BCUT2D eigenvalue weighted by atomic mass is 16.2. The first kappa shape index (κ1) is 18.9. The number of ketones is 1. The highest BCUT2D eigenvalue weighted by Crippen LogP contribution is 2.22. The predicted molar refractivity (Wildman–Crippen MR) is 104 cm³/mol. The molecule has 4 atom stereocenters. The Hall–Kier alpha value is -1.88. The smallest absolute Gasteiger partial charge is 0.319 e. The van der Waals surface area contributed by atoms with Crippen molar-refractivity contribution in [2.45, 2.75) is 71.0 Å². The van der Waals surface area contributed by atoms with Gasteiger partial charge in [0.1, 0.15) is 0 Å². The Morgan fingerprint density at radius 3 is 2.50 bits per heavy atom. The summed E-state index contributed by atoms with van der Waals surface area (Å²) in [5.74, 6) is 0.719. The summed E-state index contributed by atoms with van der Waals surface area (Å²) in [5, 5.41) is 6.05. The number of amides is 2. The average molecular weight is 359 g/mol. The summed E-state index contributed by atoms with van der Waals surface area (Å²) in [6, 6.07) is 8.54. The van der Waals surface area contributed by atoms with Gasteiger partial charge in [-0.2, -0.15) is 0 Å². The van der Waals surface area contributed by atoms with Gasteiger partial charge in [0.25, 0.3) is 0 Å². The molecule has 5 nitrogen and oxygen atoms in total. The summed E-state index contributed by atoms with van der Waals surface area (Å²) < 4.78 is 0. The standard InChI is InChI=1S/C21H31N3O2/c1-14(2)13-24-19-8-5-9-20(24)12-18(11-19)23-21(26)22-17-7-4-6-16(10-17)15(3)25/h4,6-7,10,14,18-20H,5,8-9,11-13H2,1-3H3,(H2,22,23,26)/p+1/t18?,19-,20+. The zero-order valence-electron chi connectivity index (χ0n) is 16.2. The van der Waals surface area contributed by atoms with Gasteiger partial charge in [-0.3, -0.25) is 4.79 Å². The van der Waals surface area contributed by atoms with Gasteiger partial charge in [0.2, 0.25) is 0 Å². The van der Waals surface area contributed by atoms with E-state index in [0.717, 1.165) is 18.8 Å². The van der Waals surface area contributed by atoms with Gasteiger partial charge < -0.3 is 15.5 Å². The summed E-state index contributed by atoms with van der Waals surface area (Å²) in [6.45, 7) is 7.38. The molecule has 1 aromatic carbocycles.